The second-order valence-electron chi connectivity index (χ2n) is 7.04. The summed E-state index contributed by atoms with van der Waals surface area (Å²) >= 11 is 1.15. The highest BCUT2D eigenvalue weighted by Gasteiger charge is 2.31. The zero-order valence-corrected chi connectivity index (χ0v) is 17.6. The highest BCUT2D eigenvalue weighted by molar-refractivity contribution is 7.99. The molecule has 0 aliphatic heterocycles. The number of carbonyl (C=O) groups is 1. The van der Waals surface area contributed by atoms with Crippen LogP contribution < -0.4 is 5.32 Å². The van der Waals surface area contributed by atoms with E-state index in [4.69, 9.17) is 4.42 Å². The number of nitrogens with zero attached hydrogens (tertiary/aromatic N) is 4. The predicted molar refractivity (Wildman–Crippen MR) is 107 cm³/mol. The fourth-order valence-corrected chi connectivity index (χ4v) is 3.57. The van der Waals surface area contributed by atoms with Gasteiger partial charge in [-0.25, -0.2) is 4.98 Å². The number of amides is 1. The number of nitrogens with one attached hydrogen (secondary N) is 1. The topological polar surface area (TPSA) is 85.8 Å². The molecule has 0 saturated carbocycles. The predicted octanol–water partition coefficient (Wildman–Crippen LogP) is 5.09. The molecule has 0 spiro atoms. The van der Waals surface area contributed by atoms with Crippen molar-refractivity contribution in [3.05, 3.63) is 29.7 Å². The number of carbonyl (C=O) groups excluding carboxylic acids is 1. The minimum atomic E-state index is -4.44. The van der Waals surface area contributed by atoms with Gasteiger partial charge in [-0.2, -0.15) is 13.2 Å². The number of rotatable bonds is 8. The molecule has 3 aromatic rings. The van der Waals surface area contributed by atoms with E-state index in [-0.39, 0.29) is 29.1 Å². The summed E-state index contributed by atoms with van der Waals surface area (Å²) in [5.74, 6) is 0.0856. The normalized spacial score (nSPS) is 12.1. The van der Waals surface area contributed by atoms with Gasteiger partial charge in [0.05, 0.1) is 22.3 Å². The first kappa shape index (κ1) is 22.1. The summed E-state index contributed by atoms with van der Waals surface area (Å²) in [6.45, 7) is 6.40. The van der Waals surface area contributed by atoms with Crippen LogP contribution in [0.25, 0.3) is 11.0 Å². The summed E-state index contributed by atoms with van der Waals surface area (Å²) < 4.78 is 46.3. The number of thioether (sulfide) groups is 1. The lowest BCUT2D eigenvalue weighted by molar-refractivity contribution is -0.137. The molecule has 11 heteroatoms. The second-order valence-corrected chi connectivity index (χ2v) is 7.98. The third-order valence-corrected chi connectivity index (χ3v) is 5.27. The molecule has 30 heavy (non-hydrogen) atoms. The average Bonchev–Trinajstić information content (AvgIpc) is 3.28. The van der Waals surface area contributed by atoms with Crippen LogP contribution in [0, 0.1) is 0 Å². The molecule has 2 aromatic heterocycles. The second kappa shape index (κ2) is 9.07. The number of alkyl halides is 3. The number of unbranched alkanes of at least 4 members (excludes halogenated alkanes) is 1. The van der Waals surface area contributed by atoms with Gasteiger partial charge in [-0.15, -0.1) is 5.10 Å². The molecule has 1 amide bonds. The Morgan fingerprint density at radius 2 is 2.07 bits per heavy atom. The highest BCUT2D eigenvalue weighted by atomic mass is 32.2. The van der Waals surface area contributed by atoms with Gasteiger partial charge in [0.15, 0.2) is 5.16 Å². The van der Waals surface area contributed by atoms with Gasteiger partial charge in [0.25, 0.3) is 0 Å². The fraction of sp³-hybridized carbons (Fsp3) is 0.474. The highest BCUT2D eigenvalue weighted by Crippen LogP contribution is 2.33. The maximum Gasteiger partial charge on any atom is 0.416 e. The van der Waals surface area contributed by atoms with E-state index in [2.05, 4.69) is 20.5 Å². The Kier molecular flexibility index (Phi) is 6.69. The molecule has 0 fully saturated rings. The lowest BCUT2D eigenvalue weighted by Crippen LogP contribution is -2.15. The number of hydrogen-bond acceptors (Lipinski definition) is 6. The number of aromatic nitrogens is 4. The molecule has 1 aromatic carbocycles. The van der Waals surface area contributed by atoms with Crippen LogP contribution in [0.3, 0.4) is 0 Å². The maximum atomic E-state index is 13.0. The van der Waals surface area contributed by atoms with Gasteiger partial charge in [0.1, 0.15) is 0 Å². The molecule has 2 heterocycles. The fourth-order valence-electron chi connectivity index (χ4n) is 2.73. The molecule has 0 aliphatic carbocycles. The Balaban J connectivity index is 1.76. The van der Waals surface area contributed by atoms with Gasteiger partial charge < -0.3 is 8.98 Å². The molecule has 0 unspecified atom stereocenters. The third kappa shape index (κ3) is 5.13. The van der Waals surface area contributed by atoms with Gasteiger partial charge in [-0.1, -0.05) is 44.1 Å². The minimum absolute atomic E-state index is 0.000959. The minimum Gasteiger partial charge on any atom is -0.408 e. The molecular formula is C19H22F3N5O2S. The van der Waals surface area contributed by atoms with Crippen molar-refractivity contribution < 1.29 is 22.4 Å². The van der Waals surface area contributed by atoms with Crippen molar-refractivity contribution in [3.63, 3.8) is 0 Å². The van der Waals surface area contributed by atoms with E-state index in [9.17, 15) is 18.0 Å². The number of halogens is 3. The first-order valence-electron chi connectivity index (χ1n) is 9.52. The van der Waals surface area contributed by atoms with Crippen molar-refractivity contribution in [2.75, 3.05) is 11.1 Å². The Hall–Kier alpha value is -2.56. The summed E-state index contributed by atoms with van der Waals surface area (Å²) in [4.78, 5) is 16.6. The van der Waals surface area contributed by atoms with E-state index in [1.165, 1.54) is 6.07 Å². The summed E-state index contributed by atoms with van der Waals surface area (Å²) in [5, 5.41) is 10.6. The molecule has 0 saturated heterocycles. The first-order chi connectivity index (χ1) is 14.2. The number of hydrogen-bond donors (Lipinski definition) is 1. The van der Waals surface area contributed by atoms with E-state index in [0.717, 1.165) is 36.7 Å². The number of fused-ring (bicyclic) bond motifs is 1. The van der Waals surface area contributed by atoms with Gasteiger partial charge in [-0.05, 0) is 24.6 Å². The Labute approximate surface area is 175 Å². The molecular weight excluding hydrogens is 419 g/mol. The zero-order chi connectivity index (χ0) is 21.9. The van der Waals surface area contributed by atoms with Gasteiger partial charge in [0, 0.05) is 12.5 Å². The molecule has 3 rings (SSSR count). The molecule has 162 valence electrons. The summed E-state index contributed by atoms with van der Waals surface area (Å²) in [6, 6.07) is 3.53. The summed E-state index contributed by atoms with van der Waals surface area (Å²) in [7, 11) is 0. The third-order valence-electron chi connectivity index (χ3n) is 4.29. The van der Waals surface area contributed by atoms with Crippen LogP contribution in [0.15, 0.2) is 27.8 Å². The number of imidazole rings is 1. The van der Waals surface area contributed by atoms with Crippen molar-refractivity contribution in [1.29, 1.82) is 0 Å². The van der Waals surface area contributed by atoms with Crippen molar-refractivity contribution in [2.45, 2.75) is 57.4 Å². The SMILES string of the molecule is CCCCn1c(SCC(=O)Nc2nnc(C(C)C)o2)nc2cc(C(F)(F)F)ccc21. The monoisotopic (exact) mass is 441 g/mol. The summed E-state index contributed by atoms with van der Waals surface area (Å²) in [6.07, 6.45) is -2.68. The number of anilines is 1. The van der Waals surface area contributed by atoms with Gasteiger partial charge in [0.2, 0.25) is 11.8 Å². The smallest absolute Gasteiger partial charge is 0.408 e. The van der Waals surface area contributed by atoms with Crippen molar-refractivity contribution in [1.82, 2.24) is 19.7 Å². The van der Waals surface area contributed by atoms with E-state index < -0.39 is 11.7 Å². The largest absolute Gasteiger partial charge is 0.416 e. The van der Waals surface area contributed by atoms with Crippen molar-refractivity contribution in [3.8, 4) is 0 Å². The van der Waals surface area contributed by atoms with Crippen LogP contribution in [0.2, 0.25) is 0 Å². The van der Waals surface area contributed by atoms with Crippen LogP contribution in [-0.2, 0) is 17.5 Å². The lowest BCUT2D eigenvalue weighted by atomic mass is 10.2. The van der Waals surface area contributed by atoms with Crippen LogP contribution >= 0.6 is 11.8 Å². The molecule has 1 N–H and O–H groups in total. The summed E-state index contributed by atoms with van der Waals surface area (Å²) in [5.41, 5.74) is 0.113. The van der Waals surface area contributed by atoms with E-state index >= 15 is 0 Å². The van der Waals surface area contributed by atoms with Crippen LogP contribution in [0.4, 0.5) is 19.2 Å². The van der Waals surface area contributed by atoms with E-state index in [1.807, 2.05) is 25.3 Å². The van der Waals surface area contributed by atoms with Crippen LogP contribution in [0.5, 0.6) is 0 Å². The van der Waals surface area contributed by atoms with Crippen molar-refractivity contribution in [2.24, 2.45) is 0 Å². The van der Waals surface area contributed by atoms with Crippen molar-refractivity contribution >= 4 is 34.7 Å². The molecule has 0 radical (unpaired) electrons. The standard InChI is InChI=1S/C19H22F3N5O2S/c1-4-5-8-27-14-7-6-12(19(20,21)22)9-13(14)23-18(27)30-10-15(28)24-17-26-25-16(29-17)11(2)3/h6-7,9,11H,4-5,8,10H2,1-3H3,(H,24,26,28). The van der Waals surface area contributed by atoms with E-state index in [1.54, 1.807) is 0 Å². The van der Waals surface area contributed by atoms with Crippen LogP contribution in [0.1, 0.15) is 51.0 Å². The number of benzene rings is 1. The van der Waals surface area contributed by atoms with E-state index in [0.29, 0.717) is 23.1 Å². The molecule has 0 bridgehead atoms. The molecule has 0 aliphatic rings. The quantitative estimate of drug-likeness (QED) is 0.490. The lowest BCUT2D eigenvalue weighted by Gasteiger charge is -2.09. The van der Waals surface area contributed by atoms with Gasteiger partial charge >= 0.3 is 12.2 Å². The molecule has 7 nitrogen and oxygen atoms in total. The average molecular weight is 441 g/mol. The Morgan fingerprint density at radius 1 is 1.30 bits per heavy atom. The zero-order valence-electron chi connectivity index (χ0n) is 16.8. The van der Waals surface area contributed by atoms with Gasteiger partial charge in [-0.3, -0.25) is 10.1 Å². The molecule has 0 atom stereocenters. The Morgan fingerprint density at radius 3 is 2.70 bits per heavy atom. The maximum absolute atomic E-state index is 13.0. The Bertz CT molecular complexity index is 1030. The van der Waals surface area contributed by atoms with Crippen LogP contribution in [-0.4, -0.2) is 31.4 Å². The number of aryl methyl sites for hydroxylation is 1. The first-order valence-corrected chi connectivity index (χ1v) is 10.5.